The largest absolute Gasteiger partial charge is 0.369 e. The number of thiocarbonyl (C=S) groups is 1. The number of amides is 1. The number of para-hydroxylation sites is 1. The molecule has 7 heteroatoms. The molecule has 2 aromatic carbocycles. The topological polar surface area (TPSA) is 44.4 Å². The number of carbonyl (C=O) groups excluding carboxylic acids is 1. The molecule has 130 valence electrons. The molecular formula is C18H17ClIN3OS. The molecule has 1 aliphatic rings. The van der Waals surface area contributed by atoms with E-state index in [-0.39, 0.29) is 11.0 Å². The lowest BCUT2D eigenvalue weighted by atomic mass is 10.2. The normalized spacial score (nSPS) is 13.6. The molecule has 2 N–H and O–H groups in total. The number of hydrogen-bond acceptors (Lipinski definition) is 3. The number of nitrogens with one attached hydrogen (secondary N) is 2. The Labute approximate surface area is 171 Å². The maximum absolute atomic E-state index is 12.4. The molecule has 25 heavy (non-hydrogen) atoms. The van der Waals surface area contributed by atoms with E-state index >= 15 is 0 Å². The van der Waals surface area contributed by atoms with Crippen LogP contribution in [0.1, 0.15) is 23.2 Å². The quantitative estimate of drug-likeness (QED) is 0.490. The molecule has 1 amide bonds. The van der Waals surface area contributed by atoms with Gasteiger partial charge in [0.15, 0.2) is 5.11 Å². The standard InChI is InChI=1S/C18H17ClIN3OS/c19-13-7-5-9-15(16(13)23-10-3-4-11-23)21-18(25)22-17(24)12-6-1-2-8-14(12)20/h1-2,5-9H,3-4,10-11H2,(H2,21,22,24,25). The first-order valence-corrected chi connectivity index (χ1v) is 9.83. The number of hydrogen-bond donors (Lipinski definition) is 2. The molecular weight excluding hydrogens is 469 g/mol. The minimum atomic E-state index is -0.229. The summed E-state index contributed by atoms with van der Waals surface area (Å²) >= 11 is 13.9. The van der Waals surface area contributed by atoms with Gasteiger partial charge < -0.3 is 10.2 Å². The second-order valence-electron chi connectivity index (χ2n) is 5.72. The van der Waals surface area contributed by atoms with Crippen molar-refractivity contribution < 1.29 is 4.79 Å². The summed E-state index contributed by atoms with van der Waals surface area (Å²) in [5.74, 6) is -0.229. The van der Waals surface area contributed by atoms with Crippen LogP contribution in [0.15, 0.2) is 42.5 Å². The highest BCUT2D eigenvalue weighted by atomic mass is 127. The third-order valence-electron chi connectivity index (χ3n) is 4.00. The van der Waals surface area contributed by atoms with Gasteiger partial charge in [0.2, 0.25) is 0 Å². The molecule has 0 atom stereocenters. The Morgan fingerprint density at radius 3 is 2.56 bits per heavy atom. The highest BCUT2D eigenvalue weighted by Gasteiger charge is 2.19. The van der Waals surface area contributed by atoms with E-state index in [1.54, 1.807) is 6.07 Å². The molecule has 1 saturated heterocycles. The average Bonchev–Trinajstić information content (AvgIpc) is 3.09. The lowest BCUT2D eigenvalue weighted by molar-refractivity contribution is 0.0977. The van der Waals surface area contributed by atoms with Gasteiger partial charge >= 0.3 is 0 Å². The van der Waals surface area contributed by atoms with Gasteiger partial charge in [-0.05, 0) is 71.9 Å². The van der Waals surface area contributed by atoms with E-state index in [9.17, 15) is 4.79 Å². The molecule has 0 unspecified atom stereocenters. The van der Waals surface area contributed by atoms with Crippen molar-refractivity contribution in [3.63, 3.8) is 0 Å². The van der Waals surface area contributed by atoms with Crippen molar-refractivity contribution in [3.05, 3.63) is 56.6 Å². The van der Waals surface area contributed by atoms with Gasteiger partial charge in [-0.1, -0.05) is 29.8 Å². The fourth-order valence-electron chi connectivity index (χ4n) is 2.85. The molecule has 1 fully saturated rings. The van der Waals surface area contributed by atoms with E-state index in [2.05, 4.69) is 38.1 Å². The summed E-state index contributed by atoms with van der Waals surface area (Å²) in [7, 11) is 0. The summed E-state index contributed by atoms with van der Waals surface area (Å²) in [6.07, 6.45) is 2.30. The van der Waals surface area contributed by atoms with Gasteiger partial charge in [0.25, 0.3) is 5.91 Å². The molecule has 1 aliphatic heterocycles. The third-order valence-corrected chi connectivity index (χ3v) is 5.45. The monoisotopic (exact) mass is 485 g/mol. The lowest BCUT2D eigenvalue weighted by Crippen LogP contribution is -2.35. The van der Waals surface area contributed by atoms with E-state index in [0.29, 0.717) is 10.6 Å². The predicted molar refractivity (Wildman–Crippen MR) is 116 cm³/mol. The van der Waals surface area contributed by atoms with Crippen molar-refractivity contribution in [2.24, 2.45) is 0 Å². The molecule has 0 saturated carbocycles. The van der Waals surface area contributed by atoms with Crippen LogP contribution in [0.4, 0.5) is 11.4 Å². The maximum Gasteiger partial charge on any atom is 0.258 e. The van der Waals surface area contributed by atoms with Gasteiger partial charge in [-0.2, -0.15) is 0 Å². The van der Waals surface area contributed by atoms with Crippen LogP contribution in [0.25, 0.3) is 0 Å². The Kier molecular flexibility index (Phi) is 6.14. The first-order chi connectivity index (χ1) is 12.1. The molecule has 0 spiro atoms. The summed E-state index contributed by atoms with van der Waals surface area (Å²) in [5, 5.41) is 6.79. The van der Waals surface area contributed by atoms with E-state index in [1.807, 2.05) is 36.4 Å². The van der Waals surface area contributed by atoms with Gasteiger partial charge in [-0.3, -0.25) is 10.1 Å². The molecule has 0 aromatic heterocycles. The van der Waals surface area contributed by atoms with Crippen molar-refractivity contribution in [1.82, 2.24) is 5.32 Å². The second-order valence-corrected chi connectivity index (χ2v) is 7.70. The third kappa shape index (κ3) is 4.43. The van der Waals surface area contributed by atoms with Crippen LogP contribution in [0.5, 0.6) is 0 Å². The number of carbonyl (C=O) groups is 1. The van der Waals surface area contributed by atoms with Crippen LogP contribution in [0, 0.1) is 3.57 Å². The minimum Gasteiger partial charge on any atom is -0.369 e. The van der Waals surface area contributed by atoms with Gasteiger partial charge in [-0.25, -0.2) is 0 Å². The van der Waals surface area contributed by atoms with Gasteiger partial charge in [-0.15, -0.1) is 0 Å². The van der Waals surface area contributed by atoms with Crippen LogP contribution in [-0.2, 0) is 0 Å². The van der Waals surface area contributed by atoms with Crippen molar-refractivity contribution in [3.8, 4) is 0 Å². The van der Waals surface area contributed by atoms with Crippen LogP contribution in [0.3, 0.4) is 0 Å². The number of halogens is 2. The van der Waals surface area contributed by atoms with E-state index < -0.39 is 0 Å². The summed E-state index contributed by atoms with van der Waals surface area (Å²) in [6.45, 7) is 1.94. The molecule has 3 rings (SSSR count). The Bertz CT molecular complexity index is 809. The minimum absolute atomic E-state index is 0.229. The van der Waals surface area contributed by atoms with Crippen molar-refractivity contribution in [1.29, 1.82) is 0 Å². The van der Waals surface area contributed by atoms with Crippen LogP contribution >= 0.6 is 46.4 Å². The fraction of sp³-hybridized carbons (Fsp3) is 0.222. The highest BCUT2D eigenvalue weighted by Crippen LogP contribution is 2.35. The van der Waals surface area contributed by atoms with Crippen molar-refractivity contribution in [2.45, 2.75) is 12.8 Å². The van der Waals surface area contributed by atoms with E-state index in [1.165, 1.54) is 0 Å². The molecule has 0 radical (unpaired) electrons. The number of rotatable bonds is 3. The van der Waals surface area contributed by atoms with Crippen LogP contribution in [-0.4, -0.2) is 24.1 Å². The summed E-state index contributed by atoms with van der Waals surface area (Å²) in [4.78, 5) is 14.6. The SMILES string of the molecule is O=C(NC(=S)Nc1cccc(Cl)c1N1CCCC1)c1ccccc1I. The Hall–Kier alpha value is -1.38. The fourth-order valence-corrected chi connectivity index (χ4v) is 3.98. The first-order valence-electron chi connectivity index (χ1n) is 7.96. The zero-order valence-corrected chi connectivity index (χ0v) is 17.1. The number of benzene rings is 2. The molecule has 1 heterocycles. The highest BCUT2D eigenvalue weighted by molar-refractivity contribution is 14.1. The van der Waals surface area contributed by atoms with Crippen molar-refractivity contribution >= 4 is 68.8 Å². The Morgan fingerprint density at radius 2 is 1.84 bits per heavy atom. The second kappa shape index (κ2) is 8.33. The molecule has 4 nitrogen and oxygen atoms in total. The Balaban J connectivity index is 1.74. The maximum atomic E-state index is 12.4. The molecule has 0 aliphatic carbocycles. The summed E-state index contributed by atoms with van der Waals surface area (Å²) < 4.78 is 0.876. The lowest BCUT2D eigenvalue weighted by Gasteiger charge is -2.23. The number of anilines is 2. The molecule has 0 bridgehead atoms. The molecule has 2 aromatic rings. The number of nitrogens with zero attached hydrogens (tertiary/aromatic N) is 1. The summed E-state index contributed by atoms with van der Waals surface area (Å²) in [6, 6.07) is 13.0. The summed E-state index contributed by atoms with van der Waals surface area (Å²) in [5.41, 5.74) is 2.34. The van der Waals surface area contributed by atoms with E-state index in [0.717, 1.165) is 40.9 Å². The van der Waals surface area contributed by atoms with Gasteiger partial charge in [0.1, 0.15) is 0 Å². The zero-order chi connectivity index (χ0) is 17.8. The van der Waals surface area contributed by atoms with Crippen LogP contribution < -0.4 is 15.5 Å². The van der Waals surface area contributed by atoms with Crippen LogP contribution in [0.2, 0.25) is 5.02 Å². The first kappa shape index (κ1) is 18.4. The average molecular weight is 486 g/mol. The smallest absolute Gasteiger partial charge is 0.258 e. The van der Waals surface area contributed by atoms with Crippen molar-refractivity contribution in [2.75, 3.05) is 23.3 Å². The van der Waals surface area contributed by atoms with Gasteiger partial charge in [0.05, 0.1) is 22.0 Å². The predicted octanol–water partition coefficient (Wildman–Crippen LogP) is 4.67. The zero-order valence-electron chi connectivity index (χ0n) is 13.4. The van der Waals surface area contributed by atoms with E-state index in [4.69, 9.17) is 23.8 Å². The van der Waals surface area contributed by atoms with Gasteiger partial charge in [0, 0.05) is 16.7 Å². The Morgan fingerprint density at radius 1 is 1.12 bits per heavy atom.